The van der Waals surface area contributed by atoms with Gasteiger partial charge in [0.2, 0.25) is 0 Å². The van der Waals surface area contributed by atoms with Gasteiger partial charge in [-0.2, -0.15) is 0 Å². The molecule has 1 atom stereocenters. The van der Waals surface area contributed by atoms with E-state index in [9.17, 15) is 4.79 Å². The topological polar surface area (TPSA) is 65.5 Å². The van der Waals surface area contributed by atoms with Crippen molar-refractivity contribution in [3.05, 3.63) is 23.7 Å². The van der Waals surface area contributed by atoms with Crippen LogP contribution >= 0.6 is 0 Å². The van der Waals surface area contributed by atoms with Crippen molar-refractivity contribution in [2.24, 2.45) is 5.73 Å². The van der Waals surface area contributed by atoms with Crippen LogP contribution in [0.4, 0.5) is 0 Å². The molecule has 0 aliphatic carbocycles. The lowest BCUT2D eigenvalue weighted by molar-refractivity contribution is -0.140. The second-order valence-electron chi connectivity index (χ2n) is 3.15. The van der Waals surface area contributed by atoms with E-state index in [2.05, 4.69) is 4.74 Å². The third kappa shape index (κ3) is 2.60. The Morgan fingerprint density at radius 2 is 2.43 bits per heavy atom. The minimum Gasteiger partial charge on any atom is -0.469 e. The third-order valence-corrected chi connectivity index (χ3v) is 2.19. The van der Waals surface area contributed by atoms with E-state index in [0.29, 0.717) is 12.8 Å². The molecule has 1 aromatic rings. The fourth-order valence-corrected chi connectivity index (χ4v) is 1.31. The molecule has 78 valence electrons. The largest absolute Gasteiger partial charge is 0.469 e. The normalized spacial score (nSPS) is 12.5. The quantitative estimate of drug-likeness (QED) is 0.743. The summed E-state index contributed by atoms with van der Waals surface area (Å²) in [6.45, 7) is 1.85. The molecule has 4 heteroatoms. The first-order valence-electron chi connectivity index (χ1n) is 4.51. The predicted octanol–water partition coefficient (Wildman–Crippen LogP) is 1.54. The van der Waals surface area contributed by atoms with Gasteiger partial charge < -0.3 is 14.9 Å². The van der Waals surface area contributed by atoms with Crippen molar-refractivity contribution < 1.29 is 13.9 Å². The number of esters is 1. The number of furan rings is 1. The fourth-order valence-electron chi connectivity index (χ4n) is 1.31. The minimum atomic E-state index is -0.235. The van der Waals surface area contributed by atoms with Gasteiger partial charge in [0.1, 0.15) is 5.76 Å². The van der Waals surface area contributed by atoms with Gasteiger partial charge in [0.05, 0.1) is 13.4 Å². The first-order valence-corrected chi connectivity index (χ1v) is 4.51. The van der Waals surface area contributed by atoms with Crippen LogP contribution < -0.4 is 5.73 Å². The standard InChI is InChI=1S/C10H15NO3/c1-7-8(5-6-14-7)9(11)3-4-10(12)13-2/h5-6,9H,3-4,11H2,1-2H3. The SMILES string of the molecule is COC(=O)CCC(N)c1ccoc1C. The highest BCUT2D eigenvalue weighted by Gasteiger charge is 2.12. The highest BCUT2D eigenvalue weighted by atomic mass is 16.5. The second-order valence-corrected chi connectivity index (χ2v) is 3.15. The van der Waals surface area contributed by atoms with Gasteiger partial charge >= 0.3 is 5.97 Å². The molecule has 14 heavy (non-hydrogen) atoms. The molecule has 1 aromatic heterocycles. The van der Waals surface area contributed by atoms with Crippen molar-refractivity contribution in [1.29, 1.82) is 0 Å². The molecule has 0 aromatic carbocycles. The monoisotopic (exact) mass is 197 g/mol. The molecule has 1 heterocycles. The van der Waals surface area contributed by atoms with Crippen LogP contribution in [0.3, 0.4) is 0 Å². The summed E-state index contributed by atoms with van der Waals surface area (Å²) in [5.41, 5.74) is 6.83. The van der Waals surface area contributed by atoms with Crippen LogP contribution in [-0.4, -0.2) is 13.1 Å². The summed E-state index contributed by atoms with van der Waals surface area (Å²) in [6.07, 6.45) is 2.51. The van der Waals surface area contributed by atoms with Gasteiger partial charge in [-0.3, -0.25) is 4.79 Å². The highest BCUT2D eigenvalue weighted by Crippen LogP contribution is 2.20. The number of aryl methyl sites for hydroxylation is 1. The van der Waals surface area contributed by atoms with E-state index in [4.69, 9.17) is 10.2 Å². The zero-order valence-electron chi connectivity index (χ0n) is 8.45. The van der Waals surface area contributed by atoms with Crippen LogP contribution in [-0.2, 0) is 9.53 Å². The Hall–Kier alpha value is -1.29. The van der Waals surface area contributed by atoms with E-state index in [1.54, 1.807) is 6.26 Å². The Morgan fingerprint density at radius 3 is 2.93 bits per heavy atom. The van der Waals surface area contributed by atoms with Crippen molar-refractivity contribution in [2.75, 3.05) is 7.11 Å². The van der Waals surface area contributed by atoms with Crippen LogP contribution in [0.5, 0.6) is 0 Å². The molecule has 0 spiro atoms. The smallest absolute Gasteiger partial charge is 0.305 e. The van der Waals surface area contributed by atoms with Crippen molar-refractivity contribution in [1.82, 2.24) is 0 Å². The number of nitrogens with two attached hydrogens (primary N) is 1. The van der Waals surface area contributed by atoms with Gasteiger partial charge in [-0.1, -0.05) is 0 Å². The number of carbonyl (C=O) groups excluding carboxylic acids is 1. The summed E-state index contributed by atoms with van der Waals surface area (Å²) in [4.78, 5) is 10.9. The number of hydrogen-bond donors (Lipinski definition) is 1. The van der Waals surface area contributed by atoms with Crippen molar-refractivity contribution in [3.8, 4) is 0 Å². The molecule has 0 amide bonds. The molecule has 0 radical (unpaired) electrons. The van der Waals surface area contributed by atoms with E-state index in [1.807, 2.05) is 13.0 Å². The number of hydrogen-bond acceptors (Lipinski definition) is 4. The Balaban J connectivity index is 2.47. The number of rotatable bonds is 4. The molecule has 0 saturated carbocycles. The molecule has 0 aliphatic heterocycles. The molecule has 1 unspecified atom stereocenters. The van der Waals surface area contributed by atoms with E-state index >= 15 is 0 Å². The van der Waals surface area contributed by atoms with Gasteiger partial charge in [0, 0.05) is 18.0 Å². The summed E-state index contributed by atoms with van der Waals surface area (Å²) >= 11 is 0. The predicted molar refractivity (Wildman–Crippen MR) is 51.6 cm³/mol. The Kier molecular flexibility index (Phi) is 3.71. The van der Waals surface area contributed by atoms with E-state index < -0.39 is 0 Å². The average Bonchev–Trinajstić information content (AvgIpc) is 2.60. The minimum absolute atomic E-state index is 0.159. The summed E-state index contributed by atoms with van der Waals surface area (Å²) < 4.78 is 9.65. The van der Waals surface area contributed by atoms with E-state index in [1.165, 1.54) is 7.11 Å². The molecule has 0 aliphatic rings. The molecule has 0 saturated heterocycles. The Bertz CT molecular complexity index is 306. The maximum Gasteiger partial charge on any atom is 0.305 e. The van der Waals surface area contributed by atoms with E-state index in [-0.39, 0.29) is 12.0 Å². The first-order chi connectivity index (χ1) is 6.65. The van der Waals surface area contributed by atoms with Crippen LogP contribution in [0.15, 0.2) is 16.7 Å². The number of methoxy groups -OCH3 is 1. The summed E-state index contributed by atoms with van der Waals surface area (Å²) in [7, 11) is 1.37. The molecular formula is C10H15NO3. The lowest BCUT2D eigenvalue weighted by Gasteiger charge is -2.09. The van der Waals surface area contributed by atoms with Crippen molar-refractivity contribution in [3.63, 3.8) is 0 Å². The average molecular weight is 197 g/mol. The van der Waals surface area contributed by atoms with Gasteiger partial charge in [0.25, 0.3) is 0 Å². The summed E-state index contributed by atoms with van der Waals surface area (Å²) in [5, 5.41) is 0. The second kappa shape index (κ2) is 4.81. The number of ether oxygens (including phenoxy) is 1. The van der Waals surface area contributed by atoms with Crippen LogP contribution in [0.25, 0.3) is 0 Å². The highest BCUT2D eigenvalue weighted by molar-refractivity contribution is 5.69. The maximum atomic E-state index is 10.9. The fraction of sp³-hybridized carbons (Fsp3) is 0.500. The van der Waals surface area contributed by atoms with Crippen LogP contribution in [0.1, 0.15) is 30.2 Å². The molecule has 0 fully saturated rings. The molecule has 0 bridgehead atoms. The summed E-state index contributed by atoms with van der Waals surface area (Å²) in [5.74, 6) is 0.573. The number of carbonyl (C=O) groups is 1. The van der Waals surface area contributed by atoms with Crippen molar-refractivity contribution in [2.45, 2.75) is 25.8 Å². The lowest BCUT2D eigenvalue weighted by atomic mass is 10.0. The lowest BCUT2D eigenvalue weighted by Crippen LogP contribution is -2.13. The van der Waals surface area contributed by atoms with E-state index in [0.717, 1.165) is 11.3 Å². The first kappa shape index (κ1) is 10.8. The zero-order chi connectivity index (χ0) is 10.6. The van der Waals surface area contributed by atoms with Gasteiger partial charge in [-0.25, -0.2) is 0 Å². The van der Waals surface area contributed by atoms with Crippen molar-refractivity contribution >= 4 is 5.97 Å². The molecule has 2 N–H and O–H groups in total. The van der Waals surface area contributed by atoms with Gasteiger partial charge in [-0.15, -0.1) is 0 Å². The van der Waals surface area contributed by atoms with Crippen LogP contribution in [0, 0.1) is 6.92 Å². The zero-order valence-corrected chi connectivity index (χ0v) is 8.45. The molecule has 1 rings (SSSR count). The third-order valence-electron chi connectivity index (χ3n) is 2.19. The molecular weight excluding hydrogens is 182 g/mol. The summed E-state index contributed by atoms with van der Waals surface area (Å²) in [6, 6.07) is 1.67. The Labute approximate surface area is 83.0 Å². The van der Waals surface area contributed by atoms with Gasteiger partial charge in [-0.05, 0) is 19.4 Å². The molecule has 4 nitrogen and oxygen atoms in total. The van der Waals surface area contributed by atoms with Crippen LogP contribution in [0.2, 0.25) is 0 Å². The Morgan fingerprint density at radius 1 is 1.71 bits per heavy atom. The van der Waals surface area contributed by atoms with Gasteiger partial charge in [0.15, 0.2) is 0 Å². The maximum absolute atomic E-state index is 10.9.